The number of amides is 1. The van der Waals surface area contributed by atoms with Gasteiger partial charge in [0.1, 0.15) is 0 Å². The number of nitrogens with zero attached hydrogens (tertiary/aromatic N) is 2. The van der Waals surface area contributed by atoms with Gasteiger partial charge in [0.05, 0.1) is 11.8 Å². The lowest BCUT2D eigenvalue weighted by atomic mass is 10.2. The van der Waals surface area contributed by atoms with Gasteiger partial charge in [0, 0.05) is 30.7 Å². The first kappa shape index (κ1) is 9.92. The SMILES string of the molecule is CN(Cc1cn[nH]c1)C(=O)c1ccsc1. The Morgan fingerprint density at radius 3 is 3.13 bits per heavy atom. The molecule has 0 saturated heterocycles. The smallest absolute Gasteiger partial charge is 0.254 e. The quantitative estimate of drug-likeness (QED) is 0.858. The highest BCUT2D eigenvalue weighted by atomic mass is 32.1. The molecule has 0 atom stereocenters. The zero-order valence-electron chi connectivity index (χ0n) is 8.30. The van der Waals surface area contributed by atoms with E-state index in [4.69, 9.17) is 0 Å². The van der Waals surface area contributed by atoms with Gasteiger partial charge in [-0.15, -0.1) is 0 Å². The normalized spacial score (nSPS) is 10.2. The molecule has 0 unspecified atom stereocenters. The lowest BCUT2D eigenvalue weighted by Gasteiger charge is -2.14. The number of carbonyl (C=O) groups is 1. The topological polar surface area (TPSA) is 49.0 Å². The van der Waals surface area contributed by atoms with E-state index in [0.29, 0.717) is 6.54 Å². The van der Waals surface area contributed by atoms with Crippen LogP contribution in [0, 0.1) is 0 Å². The summed E-state index contributed by atoms with van der Waals surface area (Å²) >= 11 is 1.53. The molecule has 0 radical (unpaired) electrons. The van der Waals surface area contributed by atoms with Gasteiger partial charge in [0.2, 0.25) is 0 Å². The minimum atomic E-state index is 0.0393. The van der Waals surface area contributed by atoms with Gasteiger partial charge >= 0.3 is 0 Å². The molecule has 0 aliphatic rings. The summed E-state index contributed by atoms with van der Waals surface area (Å²) in [6, 6.07) is 1.83. The zero-order chi connectivity index (χ0) is 10.7. The van der Waals surface area contributed by atoms with Crippen molar-refractivity contribution in [1.82, 2.24) is 15.1 Å². The van der Waals surface area contributed by atoms with Crippen LogP contribution >= 0.6 is 11.3 Å². The van der Waals surface area contributed by atoms with Gasteiger partial charge in [-0.2, -0.15) is 16.4 Å². The fourth-order valence-corrected chi connectivity index (χ4v) is 1.95. The summed E-state index contributed by atoms with van der Waals surface area (Å²) in [5.74, 6) is 0.0393. The van der Waals surface area contributed by atoms with E-state index >= 15 is 0 Å². The minimum Gasteiger partial charge on any atom is -0.337 e. The fraction of sp³-hybridized carbons (Fsp3) is 0.200. The van der Waals surface area contributed by atoms with E-state index in [9.17, 15) is 4.79 Å². The van der Waals surface area contributed by atoms with Crippen molar-refractivity contribution in [2.75, 3.05) is 7.05 Å². The number of nitrogens with one attached hydrogen (secondary N) is 1. The lowest BCUT2D eigenvalue weighted by molar-refractivity contribution is 0.0785. The highest BCUT2D eigenvalue weighted by Crippen LogP contribution is 2.10. The summed E-state index contributed by atoms with van der Waals surface area (Å²) < 4.78 is 0. The summed E-state index contributed by atoms with van der Waals surface area (Å²) in [4.78, 5) is 13.5. The third-order valence-electron chi connectivity index (χ3n) is 2.09. The highest BCUT2D eigenvalue weighted by Gasteiger charge is 2.12. The molecule has 4 nitrogen and oxygen atoms in total. The van der Waals surface area contributed by atoms with Crippen LogP contribution in [-0.2, 0) is 6.54 Å². The number of hydrogen-bond acceptors (Lipinski definition) is 3. The van der Waals surface area contributed by atoms with Crippen molar-refractivity contribution < 1.29 is 4.79 Å². The molecule has 2 heterocycles. The Bertz CT molecular complexity index is 421. The number of aromatic nitrogens is 2. The molecule has 2 aromatic rings. The Morgan fingerprint density at radius 1 is 1.67 bits per heavy atom. The maximum absolute atomic E-state index is 11.8. The molecule has 0 spiro atoms. The maximum Gasteiger partial charge on any atom is 0.254 e. The Morgan fingerprint density at radius 2 is 2.53 bits per heavy atom. The summed E-state index contributed by atoms with van der Waals surface area (Å²) in [6.45, 7) is 0.575. The second-order valence-electron chi connectivity index (χ2n) is 3.28. The van der Waals surface area contributed by atoms with Crippen LogP contribution in [0.5, 0.6) is 0 Å². The molecule has 1 N–H and O–H groups in total. The van der Waals surface area contributed by atoms with Crippen molar-refractivity contribution >= 4 is 17.2 Å². The number of H-pyrrole nitrogens is 1. The van der Waals surface area contributed by atoms with Gasteiger partial charge in [-0.05, 0) is 11.4 Å². The second-order valence-corrected chi connectivity index (χ2v) is 4.06. The molecule has 0 bridgehead atoms. The summed E-state index contributed by atoms with van der Waals surface area (Å²) in [5, 5.41) is 10.3. The predicted molar refractivity (Wildman–Crippen MR) is 58.7 cm³/mol. The van der Waals surface area contributed by atoms with Crippen LogP contribution in [0.1, 0.15) is 15.9 Å². The van der Waals surface area contributed by atoms with Crippen molar-refractivity contribution in [3.63, 3.8) is 0 Å². The Kier molecular flexibility index (Phi) is 2.82. The standard InChI is InChI=1S/C10H11N3OS/c1-13(6-8-4-11-12-5-8)10(14)9-2-3-15-7-9/h2-5,7H,6H2,1H3,(H,11,12). The number of rotatable bonds is 3. The molecular weight excluding hydrogens is 210 g/mol. The van der Waals surface area contributed by atoms with Gasteiger partial charge in [-0.1, -0.05) is 0 Å². The van der Waals surface area contributed by atoms with Crippen molar-refractivity contribution in [2.45, 2.75) is 6.54 Å². The number of carbonyl (C=O) groups excluding carboxylic acids is 1. The highest BCUT2D eigenvalue weighted by molar-refractivity contribution is 7.08. The van der Waals surface area contributed by atoms with Crippen molar-refractivity contribution in [3.05, 3.63) is 40.3 Å². The lowest BCUT2D eigenvalue weighted by Crippen LogP contribution is -2.25. The Labute approximate surface area is 91.5 Å². The van der Waals surface area contributed by atoms with Crippen LogP contribution < -0.4 is 0 Å². The molecule has 2 aromatic heterocycles. The predicted octanol–water partition coefficient (Wildman–Crippen LogP) is 1.74. The maximum atomic E-state index is 11.8. The average molecular weight is 221 g/mol. The van der Waals surface area contributed by atoms with Crippen molar-refractivity contribution in [3.8, 4) is 0 Å². The van der Waals surface area contributed by atoms with Gasteiger partial charge < -0.3 is 4.90 Å². The molecule has 0 fully saturated rings. The zero-order valence-corrected chi connectivity index (χ0v) is 9.12. The molecular formula is C10H11N3OS. The minimum absolute atomic E-state index is 0.0393. The Hall–Kier alpha value is -1.62. The molecule has 1 amide bonds. The monoisotopic (exact) mass is 221 g/mol. The van der Waals surface area contributed by atoms with Crippen LogP contribution in [0.4, 0.5) is 0 Å². The van der Waals surface area contributed by atoms with Gasteiger partial charge in [-0.25, -0.2) is 0 Å². The molecule has 0 aliphatic carbocycles. The number of thiophene rings is 1. The van der Waals surface area contributed by atoms with Gasteiger partial charge in [0.15, 0.2) is 0 Å². The summed E-state index contributed by atoms with van der Waals surface area (Å²) in [5.41, 5.74) is 1.74. The van der Waals surface area contributed by atoms with Gasteiger partial charge in [-0.3, -0.25) is 9.89 Å². The molecule has 78 valence electrons. The van der Waals surface area contributed by atoms with E-state index in [0.717, 1.165) is 11.1 Å². The largest absolute Gasteiger partial charge is 0.337 e. The van der Waals surface area contributed by atoms with E-state index in [2.05, 4.69) is 10.2 Å². The second kappa shape index (κ2) is 4.27. The fourth-order valence-electron chi connectivity index (χ4n) is 1.32. The average Bonchev–Trinajstić information content (AvgIpc) is 2.88. The van der Waals surface area contributed by atoms with E-state index in [1.165, 1.54) is 11.3 Å². The van der Waals surface area contributed by atoms with Crippen LogP contribution in [0.15, 0.2) is 29.2 Å². The first-order valence-electron chi connectivity index (χ1n) is 4.52. The first-order chi connectivity index (χ1) is 7.27. The van der Waals surface area contributed by atoms with Crippen LogP contribution in [0.3, 0.4) is 0 Å². The third-order valence-corrected chi connectivity index (χ3v) is 2.77. The first-order valence-corrected chi connectivity index (χ1v) is 5.47. The molecule has 0 aliphatic heterocycles. The Balaban J connectivity index is 2.03. The molecule has 2 rings (SSSR count). The van der Waals surface area contributed by atoms with Crippen LogP contribution in [0.25, 0.3) is 0 Å². The number of hydrogen-bond donors (Lipinski definition) is 1. The summed E-state index contributed by atoms with van der Waals surface area (Å²) in [6.07, 6.45) is 3.51. The van der Waals surface area contributed by atoms with E-state index in [1.807, 2.05) is 16.8 Å². The molecule has 0 saturated carbocycles. The molecule has 0 aromatic carbocycles. The summed E-state index contributed by atoms with van der Waals surface area (Å²) in [7, 11) is 1.78. The van der Waals surface area contributed by atoms with E-state index in [1.54, 1.807) is 24.3 Å². The van der Waals surface area contributed by atoms with Crippen LogP contribution in [-0.4, -0.2) is 28.1 Å². The van der Waals surface area contributed by atoms with E-state index in [-0.39, 0.29) is 5.91 Å². The molecule has 5 heteroatoms. The molecule has 15 heavy (non-hydrogen) atoms. The van der Waals surface area contributed by atoms with Crippen LogP contribution in [0.2, 0.25) is 0 Å². The van der Waals surface area contributed by atoms with Gasteiger partial charge in [0.25, 0.3) is 5.91 Å². The number of aromatic amines is 1. The van der Waals surface area contributed by atoms with Crippen molar-refractivity contribution in [1.29, 1.82) is 0 Å². The van der Waals surface area contributed by atoms with E-state index < -0.39 is 0 Å². The van der Waals surface area contributed by atoms with Crippen molar-refractivity contribution in [2.24, 2.45) is 0 Å². The third kappa shape index (κ3) is 2.24.